The quantitative estimate of drug-likeness (QED) is 0.878. The molecule has 0 aromatic heterocycles. The van der Waals surface area contributed by atoms with Crippen LogP contribution in [-0.2, 0) is 0 Å². The van der Waals surface area contributed by atoms with Gasteiger partial charge < -0.3 is 15.2 Å². The molecule has 0 saturated heterocycles. The highest BCUT2D eigenvalue weighted by Crippen LogP contribution is 2.33. The van der Waals surface area contributed by atoms with Crippen LogP contribution in [0.2, 0.25) is 5.02 Å². The van der Waals surface area contributed by atoms with Gasteiger partial charge in [-0.3, -0.25) is 0 Å². The predicted octanol–water partition coefficient (Wildman–Crippen LogP) is 4.41. The van der Waals surface area contributed by atoms with Crippen LogP contribution in [0, 0.1) is 13.8 Å². The Morgan fingerprint density at radius 1 is 1.14 bits per heavy atom. The number of methoxy groups -OCH3 is 1. The van der Waals surface area contributed by atoms with E-state index >= 15 is 0 Å². The maximum atomic E-state index is 11.0. The molecule has 5 heteroatoms. The molecule has 4 nitrogen and oxygen atoms in total. The van der Waals surface area contributed by atoms with Gasteiger partial charge in [-0.2, -0.15) is 0 Å². The highest BCUT2D eigenvalue weighted by molar-refractivity contribution is 6.31. The molecule has 2 aromatic rings. The topological polar surface area (TPSA) is 58.6 Å². The third-order valence-corrected chi connectivity index (χ3v) is 3.63. The van der Waals surface area contributed by atoms with Gasteiger partial charge in [-0.25, -0.2) is 4.79 Å². The largest absolute Gasteiger partial charge is 0.495 e. The van der Waals surface area contributed by atoms with Gasteiger partial charge in [-0.05, 0) is 49.2 Å². The molecular weight excluding hydrogens is 290 g/mol. The Bertz CT molecular complexity index is 698. The number of nitrogens with one attached hydrogen (secondary N) is 1. The summed E-state index contributed by atoms with van der Waals surface area (Å²) in [5, 5.41) is 12.9. The molecule has 2 rings (SSSR count). The number of carbonyl (C=O) groups is 1. The second-order valence-corrected chi connectivity index (χ2v) is 5.17. The molecule has 0 aliphatic heterocycles. The van der Waals surface area contributed by atoms with Crippen molar-refractivity contribution in [3.8, 4) is 5.75 Å². The van der Waals surface area contributed by atoms with Crippen LogP contribution in [0.5, 0.6) is 5.75 Å². The summed E-state index contributed by atoms with van der Waals surface area (Å²) in [6.07, 6.45) is 0. The first-order valence-corrected chi connectivity index (χ1v) is 6.75. The number of halogens is 1. The molecule has 0 saturated carbocycles. The van der Waals surface area contributed by atoms with E-state index in [1.807, 2.05) is 19.9 Å². The van der Waals surface area contributed by atoms with Crippen LogP contribution in [0.3, 0.4) is 0 Å². The second-order valence-electron chi connectivity index (χ2n) is 4.76. The average Bonchev–Trinajstić information content (AvgIpc) is 2.44. The Labute approximate surface area is 128 Å². The summed E-state index contributed by atoms with van der Waals surface area (Å²) in [5.74, 6) is -0.308. The number of anilines is 2. The van der Waals surface area contributed by atoms with E-state index in [1.54, 1.807) is 31.4 Å². The van der Waals surface area contributed by atoms with Crippen molar-refractivity contribution in [1.29, 1.82) is 0 Å². The maximum Gasteiger partial charge on any atom is 0.335 e. The van der Waals surface area contributed by atoms with Crippen LogP contribution in [0.1, 0.15) is 21.5 Å². The van der Waals surface area contributed by atoms with Gasteiger partial charge >= 0.3 is 5.97 Å². The molecule has 0 heterocycles. The SMILES string of the molecule is COc1cc(Cl)c(C)cc1Nc1ccc(C(=O)O)cc1C. The van der Waals surface area contributed by atoms with E-state index in [-0.39, 0.29) is 5.56 Å². The molecule has 2 N–H and O–H groups in total. The zero-order valence-electron chi connectivity index (χ0n) is 12.0. The van der Waals surface area contributed by atoms with E-state index in [0.717, 1.165) is 22.5 Å². The van der Waals surface area contributed by atoms with Crippen LogP contribution >= 0.6 is 11.6 Å². The molecule has 0 bridgehead atoms. The molecule has 110 valence electrons. The lowest BCUT2D eigenvalue weighted by atomic mass is 10.1. The van der Waals surface area contributed by atoms with Crippen LogP contribution in [0.4, 0.5) is 11.4 Å². The van der Waals surface area contributed by atoms with E-state index in [4.69, 9.17) is 21.4 Å². The van der Waals surface area contributed by atoms with Gasteiger partial charge in [0.25, 0.3) is 0 Å². The number of ether oxygens (including phenoxy) is 1. The standard InChI is InChI=1S/C16H16ClNO3/c1-9-7-14(15(21-3)8-12(9)17)18-13-5-4-11(16(19)20)6-10(13)2/h4-8,18H,1-3H3,(H,19,20). The number of rotatable bonds is 4. The van der Waals surface area contributed by atoms with E-state index in [2.05, 4.69) is 5.32 Å². The van der Waals surface area contributed by atoms with E-state index in [1.165, 1.54) is 0 Å². The first-order chi connectivity index (χ1) is 9.92. The highest BCUT2D eigenvalue weighted by Gasteiger charge is 2.10. The molecule has 0 amide bonds. The fraction of sp³-hybridized carbons (Fsp3) is 0.188. The molecule has 0 spiro atoms. The minimum Gasteiger partial charge on any atom is -0.495 e. The summed E-state index contributed by atoms with van der Waals surface area (Å²) < 4.78 is 5.31. The summed E-state index contributed by atoms with van der Waals surface area (Å²) in [6.45, 7) is 3.76. The number of hydrogen-bond donors (Lipinski definition) is 2. The Morgan fingerprint density at radius 3 is 2.43 bits per heavy atom. The Morgan fingerprint density at radius 2 is 1.86 bits per heavy atom. The van der Waals surface area contributed by atoms with E-state index < -0.39 is 5.97 Å². The van der Waals surface area contributed by atoms with Crippen molar-refractivity contribution in [2.45, 2.75) is 13.8 Å². The van der Waals surface area contributed by atoms with Gasteiger partial charge in [-0.15, -0.1) is 0 Å². The molecule has 0 fully saturated rings. The molecule has 2 aromatic carbocycles. The Balaban J connectivity index is 2.38. The molecule has 0 radical (unpaired) electrons. The minimum atomic E-state index is -0.940. The van der Waals surface area contributed by atoms with E-state index in [9.17, 15) is 4.79 Å². The van der Waals surface area contributed by atoms with Crippen molar-refractivity contribution in [2.24, 2.45) is 0 Å². The van der Waals surface area contributed by atoms with Crippen molar-refractivity contribution in [2.75, 3.05) is 12.4 Å². The number of carboxylic acid groups (broad SMARTS) is 1. The van der Waals surface area contributed by atoms with Crippen molar-refractivity contribution in [3.63, 3.8) is 0 Å². The average molecular weight is 306 g/mol. The summed E-state index contributed by atoms with van der Waals surface area (Å²) in [4.78, 5) is 11.0. The first-order valence-electron chi connectivity index (χ1n) is 6.37. The van der Waals surface area contributed by atoms with Gasteiger partial charge in [0.2, 0.25) is 0 Å². The van der Waals surface area contributed by atoms with Crippen LogP contribution < -0.4 is 10.1 Å². The molecule has 0 aliphatic rings. The fourth-order valence-electron chi connectivity index (χ4n) is 2.01. The summed E-state index contributed by atoms with van der Waals surface area (Å²) in [7, 11) is 1.58. The lowest BCUT2D eigenvalue weighted by Crippen LogP contribution is -2.00. The van der Waals surface area contributed by atoms with Crippen molar-refractivity contribution < 1.29 is 14.6 Å². The molecule has 21 heavy (non-hydrogen) atoms. The van der Waals surface area contributed by atoms with Crippen LogP contribution in [0.25, 0.3) is 0 Å². The second kappa shape index (κ2) is 6.06. The van der Waals surface area contributed by atoms with Gasteiger partial charge in [0.15, 0.2) is 0 Å². The number of aromatic carboxylic acids is 1. The van der Waals surface area contributed by atoms with Gasteiger partial charge in [-0.1, -0.05) is 11.6 Å². The number of benzene rings is 2. The van der Waals surface area contributed by atoms with Gasteiger partial charge in [0.1, 0.15) is 5.75 Å². The number of aryl methyl sites for hydroxylation is 2. The molecular formula is C16H16ClNO3. The zero-order chi connectivity index (χ0) is 15.6. The lowest BCUT2D eigenvalue weighted by molar-refractivity contribution is 0.0697. The van der Waals surface area contributed by atoms with Crippen LogP contribution in [0.15, 0.2) is 30.3 Å². The third-order valence-electron chi connectivity index (χ3n) is 3.22. The van der Waals surface area contributed by atoms with Gasteiger partial charge in [0, 0.05) is 16.8 Å². The maximum absolute atomic E-state index is 11.0. The smallest absolute Gasteiger partial charge is 0.335 e. The van der Waals surface area contributed by atoms with E-state index in [0.29, 0.717) is 10.8 Å². The molecule has 0 unspecified atom stereocenters. The molecule has 0 aliphatic carbocycles. The van der Waals surface area contributed by atoms with Crippen molar-refractivity contribution in [1.82, 2.24) is 0 Å². The number of hydrogen-bond acceptors (Lipinski definition) is 3. The first kappa shape index (κ1) is 15.2. The number of carboxylic acids is 1. The Hall–Kier alpha value is -2.20. The summed E-state index contributed by atoms with van der Waals surface area (Å²) in [5.41, 5.74) is 3.63. The third kappa shape index (κ3) is 3.28. The predicted molar refractivity (Wildman–Crippen MR) is 84.2 cm³/mol. The van der Waals surface area contributed by atoms with Crippen molar-refractivity contribution in [3.05, 3.63) is 52.0 Å². The Kier molecular flexibility index (Phi) is 4.38. The van der Waals surface area contributed by atoms with Gasteiger partial charge in [0.05, 0.1) is 18.4 Å². The lowest BCUT2D eigenvalue weighted by Gasteiger charge is -2.15. The molecule has 0 atom stereocenters. The zero-order valence-corrected chi connectivity index (χ0v) is 12.8. The minimum absolute atomic E-state index is 0.261. The normalized spacial score (nSPS) is 10.3. The van der Waals surface area contributed by atoms with Crippen LogP contribution in [-0.4, -0.2) is 18.2 Å². The van der Waals surface area contributed by atoms with Crippen molar-refractivity contribution >= 4 is 28.9 Å². The summed E-state index contributed by atoms with van der Waals surface area (Å²) in [6, 6.07) is 8.57. The summed E-state index contributed by atoms with van der Waals surface area (Å²) >= 11 is 6.08. The highest BCUT2D eigenvalue weighted by atomic mass is 35.5. The monoisotopic (exact) mass is 305 g/mol. The fourth-order valence-corrected chi connectivity index (χ4v) is 2.17.